The second-order valence-corrected chi connectivity index (χ2v) is 8.38. The largest absolute Gasteiger partial charge is 0.481 e. The number of hydrogen-bond acceptors (Lipinski definition) is 5. The van der Waals surface area contributed by atoms with Gasteiger partial charge in [-0.05, 0) is 55.0 Å². The summed E-state index contributed by atoms with van der Waals surface area (Å²) in [7, 11) is 0. The van der Waals surface area contributed by atoms with E-state index in [0.717, 1.165) is 11.1 Å². The summed E-state index contributed by atoms with van der Waals surface area (Å²) < 4.78 is 11.0. The van der Waals surface area contributed by atoms with E-state index in [1.165, 1.54) is 6.92 Å². The molecule has 1 atom stereocenters. The molecular formula is C26H23ClN2O5. The monoisotopic (exact) mass is 478 g/mol. The van der Waals surface area contributed by atoms with Crippen LogP contribution in [0.1, 0.15) is 35.3 Å². The molecule has 0 aromatic heterocycles. The predicted molar refractivity (Wildman–Crippen MR) is 128 cm³/mol. The summed E-state index contributed by atoms with van der Waals surface area (Å²) in [4.78, 5) is 38.9. The van der Waals surface area contributed by atoms with E-state index in [2.05, 4.69) is 5.32 Å². The summed E-state index contributed by atoms with van der Waals surface area (Å²) in [5.74, 6) is -0.306. The minimum absolute atomic E-state index is 0.132. The Labute approximate surface area is 202 Å². The molecule has 0 saturated carbocycles. The number of anilines is 1. The van der Waals surface area contributed by atoms with E-state index in [4.69, 9.17) is 21.1 Å². The molecule has 1 aliphatic rings. The van der Waals surface area contributed by atoms with Crippen LogP contribution in [-0.4, -0.2) is 28.8 Å². The number of nitrogens with one attached hydrogen (secondary N) is 1. The lowest BCUT2D eigenvalue weighted by atomic mass is 10.1. The lowest BCUT2D eigenvalue weighted by Crippen LogP contribution is -2.37. The van der Waals surface area contributed by atoms with E-state index in [0.29, 0.717) is 29.5 Å². The molecule has 1 unspecified atom stereocenters. The SMILES string of the molecule is CC(=O)Oc1ccccc1C(=O)Nc1ccc2c(c1)CN(Cc1ccc(Cl)cc1)C(=O)C(C)O2. The van der Waals surface area contributed by atoms with Crippen LogP contribution in [0.2, 0.25) is 5.02 Å². The van der Waals surface area contributed by atoms with Crippen molar-refractivity contribution in [1.29, 1.82) is 0 Å². The van der Waals surface area contributed by atoms with Gasteiger partial charge in [-0.1, -0.05) is 35.9 Å². The molecule has 0 spiro atoms. The highest BCUT2D eigenvalue weighted by Gasteiger charge is 2.28. The minimum Gasteiger partial charge on any atom is -0.481 e. The number of carbonyl (C=O) groups is 3. The van der Waals surface area contributed by atoms with Crippen LogP contribution in [0.25, 0.3) is 0 Å². The van der Waals surface area contributed by atoms with Crippen molar-refractivity contribution in [2.24, 2.45) is 0 Å². The maximum absolute atomic E-state index is 12.9. The van der Waals surface area contributed by atoms with E-state index in [1.54, 1.807) is 66.4 Å². The first kappa shape index (κ1) is 23.3. The third-order valence-corrected chi connectivity index (χ3v) is 5.57. The van der Waals surface area contributed by atoms with Gasteiger partial charge in [0.15, 0.2) is 6.10 Å². The summed E-state index contributed by atoms with van der Waals surface area (Å²) >= 11 is 5.98. The van der Waals surface area contributed by atoms with Crippen molar-refractivity contribution >= 4 is 35.1 Å². The Hall–Kier alpha value is -3.84. The summed E-state index contributed by atoms with van der Waals surface area (Å²) in [6.07, 6.45) is -0.649. The van der Waals surface area contributed by atoms with Gasteiger partial charge >= 0.3 is 5.97 Å². The quantitative estimate of drug-likeness (QED) is 0.419. The fourth-order valence-corrected chi connectivity index (χ4v) is 3.84. The number of carbonyl (C=O) groups excluding carboxylic acids is 3. The van der Waals surface area contributed by atoms with Crippen LogP contribution in [0, 0.1) is 0 Å². The lowest BCUT2D eigenvalue weighted by molar-refractivity contribution is -0.138. The van der Waals surface area contributed by atoms with E-state index in [-0.39, 0.29) is 17.2 Å². The van der Waals surface area contributed by atoms with Gasteiger partial charge in [0.05, 0.1) is 5.56 Å². The predicted octanol–water partition coefficient (Wildman–Crippen LogP) is 4.83. The van der Waals surface area contributed by atoms with Crippen LogP contribution in [0.5, 0.6) is 11.5 Å². The zero-order chi connectivity index (χ0) is 24.2. The van der Waals surface area contributed by atoms with Gasteiger partial charge in [0.25, 0.3) is 11.8 Å². The van der Waals surface area contributed by atoms with Gasteiger partial charge in [0.2, 0.25) is 0 Å². The van der Waals surface area contributed by atoms with Gasteiger partial charge in [-0.3, -0.25) is 14.4 Å². The van der Waals surface area contributed by atoms with Crippen LogP contribution in [0.4, 0.5) is 5.69 Å². The number of para-hydroxylation sites is 1. The van der Waals surface area contributed by atoms with Crippen molar-refractivity contribution in [2.75, 3.05) is 5.32 Å². The topological polar surface area (TPSA) is 84.9 Å². The smallest absolute Gasteiger partial charge is 0.308 e. The third-order valence-electron chi connectivity index (χ3n) is 5.31. The third kappa shape index (κ3) is 5.38. The van der Waals surface area contributed by atoms with E-state index in [9.17, 15) is 14.4 Å². The molecule has 0 radical (unpaired) electrons. The maximum Gasteiger partial charge on any atom is 0.308 e. The molecule has 0 saturated heterocycles. The van der Waals surface area contributed by atoms with Gasteiger partial charge in [-0.25, -0.2) is 0 Å². The molecule has 1 heterocycles. The summed E-state index contributed by atoms with van der Waals surface area (Å²) in [6, 6.07) is 19.1. The molecule has 0 fully saturated rings. The summed E-state index contributed by atoms with van der Waals surface area (Å²) in [5.41, 5.74) is 2.47. The van der Waals surface area contributed by atoms with Crippen LogP contribution < -0.4 is 14.8 Å². The molecule has 1 aliphatic heterocycles. The van der Waals surface area contributed by atoms with Crippen LogP contribution in [0.3, 0.4) is 0 Å². The average Bonchev–Trinajstić information content (AvgIpc) is 2.91. The molecule has 0 bridgehead atoms. The highest BCUT2D eigenvalue weighted by Crippen LogP contribution is 2.30. The van der Waals surface area contributed by atoms with Gasteiger partial charge in [0, 0.05) is 36.3 Å². The Bertz CT molecular complexity index is 1240. The number of nitrogens with zero attached hydrogens (tertiary/aromatic N) is 1. The second-order valence-electron chi connectivity index (χ2n) is 7.95. The van der Waals surface area contributed by atoms with Crippen molar-refractivity contribution in [2.45, 2.75) is 33.0 Å². The van der Waals surface area contributed by atoms with E-state index >= 15 is 0 Å². The molecule has 0 aliphatic carbocycles. The second kappa shape index (κ2) is 9.97. The Morgan fingerprint density at radius 3 is 2.59 bits per heavy atom. The van der Waals surface area contributed by atoms with E-state index in [1.807, 2.05) is 12.1 Å². The van der Waals surface area contributed by atoms with Crippen LogP contribution >= 0.6 is 11.6 Å². The maximum atomic E-state index is 12.9. The number of benzene rings is 3. The number of hydrogen-bond donors (Lipinski definition) is 1. The highest BCUT2D eigenvalue weighted by atomic mass is 35.5. The van der Waals surface area contributed by atoms with Crippen molar-refractivity contribution < 1.29 is 23.9 Å². The molecule has 174 valence electrons. The first-order valence-corrected chi connectivity index (χ1v) is 11.1. The number of halogens is 1. The zero-order valence-corrected chi connectivity index (χ0v) is 19.5. The number of fused-ring (bicyclic) bond motifs is 1. The number of ether oxygens (including phenoxy) is 2. The van der Waals surface area contributed by atoms with Gasteiger partial charge in [-0.15, -0.1) is 0 Å². The molecule has 8 heteroatoms. The highest BCUT2D eigenvalue weighted by molar-refractivity contribution is 6.30. The molecule has 34 heavy (non-hydrogen) atoms. The molecule has 1 N–H and O–H groups in total. The molecule has 4 rings (SSSR count). The number of amides is 2. The Kier molecular flexibility index (Phi) is 6.84. The summed E-state index contributed by atoms with van der Waals surface area (Å²) in [5, 5.41) is 3.46. The molecule has 3 aromatic rings. The van der Waals surface area contributed by atoms with Gasteiger partial charge in [-0.2, -0.15) is 0 Å². The lowest BCUT2D eigenvalue weighted by Gasteiger charge is -2.22. The first-order chi connectivity index (χ1) is 16.3. The Morgan fingerprint density at radius 2 is 1.85 bits per heavy atom. The van der Waals surface area contributed by atoms with Crippen molar-refractivity contribution in [1.82, 2.24) is 4.90 Å². The minimum atomic E-state index is -0.649. The summed E-state index contributed by atoms with van der Waals surface area (Å²) in [6.45, 7) is 3.71. The molecule has 2 amide bonds. The van der Waals surface area contributed by atoms with Gasteiger partial charge < -0.3 is 19.7 Å². The Morgan fingerprint density at radius 1 is 1.12 bits per heavy atom. The molecule has 3 aromatic carbocycles. The Balaban J connectivity index is 1.56. The fourth-order valence-electron chi connectivity index (χ4n) is 3.72. The zero-order valence-electron chi connectivity index (χ0n) is 18.7. The number of esters is 1. The average molecular weight is 479 g/mol. The van der Waals surface area contributed by atoms with Crippen LogP contribution in [0.15, 0.2) is 66.7 Å². The fraction of sp³-hybridized carbons (Fsp3) is 0.192. The molecule has 7 nitrogen and oxygen atoms in total. The van der Waals surface area contributed by atoms with Gasteiger partial charge in [0.1, 0.15) is 11.5 Å². The number of rotatable bonds is 5. The van der Waals surface area contributed by atoms with Crippen LogP contribution in [-0.2, 0) is 22.7 Å². The van der Waals surface area contributed by atoms with Crippen molar-refractivity contribution in [3.63, 3.8) is 0 Å². The standard InChI is InChI=1S/C26H23ClN2O5/c1-16-26(32)29(14-18-7-9-20(27)10-8-18)15-19-13-21(11-12-23(19)33-16)28-25(31)22-5-3-4-6-24(22)34-17(2)30/h3-13,16H,14-15H2,1-2H3,(H,28,31). The first-order valence-electron chi connectivity index (χ1n) is 10.7. The van der Waals surface area contributed by atoms with Crippen molar-refractivity contribution in [3.05, 3.63) is 88.4 Å². The van der Waals surface area contributed by atoms with E-state index < -0.39 is 18.0 Å². The molecular weight excluding hydrogens is 456 g/mol. The van der Waals surface area contributed by atoms with Crippen molar-refractivity contribution in [3.8, 4) is 11.5 Å². The normalized spacial score (nSPS) is 15.1.